The van der Waals surface area contributed by atoms with Gasteiger partial charge < -0.3 is 0 Å². The largest absolute Gasteiger partial charge is 0.447 e. The summed E-state index contributed by atoms with van der Waals surface area (Å²) in [6.45, 7) is 0. The standard InChI is InChI=1S/C15H7Cl2F8O2S/c16-8-5-9(7-12(17,6-8)10-3-1-2-4-11(10)18)28(26,27)13(19,14(20,21)22)15(23,24)25/h1-7H. The minimum Gasteiger partial charge on any atom is -0.220 e. The quantitative estimate of drug-likeness (QED) is 0.417. The number of alkyl halides is 8. The summed E-state index contributed by atoms with van der Waals surface area (Å²) in [5.41, 5.74) is -0.529. The number of sulfone groups is 1. The predicted molar refractivity (Wildman–Crippen MR) is 85.1 cm³/mol. The van der Waals surface area contributed by atoms with Crippen LogP contribution in [0.1, 0.15) is 5.56 Å². The summed E-state index contributed by atoms with van der Waals surface area (Å²) >= 11 is 11.6. The zero-order valence-corrected chi connectivity index (χ0v) is 15.4. The maximum Gasteiger partial charge on any atom is 0.447 e. The minimum absolute atomic E-state index is 0.153. The molecule has 0 spiro atoms. The number of allylic oxidation sites excluding steroid dienone is 3. The molecule has 1 aromatic rings. The summed E-state index contributed by atoms with van der Waals surface area (Å²) in [5, 5.41) is -7.39. The Balaban J connectivity index is 2.77. The average molecular weight is 474 g/mol. The highest BCUT2D eigenvalue weighted by atomic mass is 35.5. The number of hydrogen-bond donors (Lipinski definition) is 0. The topological polar surface area (TPSA) is 34.1 Å². The molecule has 0 saturated carbocycles. The number of benzene rings is 1. The fraction of sp³-hybridized carbons (Fsp3) is 0.267. The van der Waals surface area contributed by atoms with Gasteiger partial charge in [-0.25, -0.2) is 17.2 Å². The fourth-order valence-electron chi connectivity index (χ4n) is 2.38. The van der Waals surface area contributed by atoms with E-state index in [0.717, 1.165) is 18.6 Å². The molecule has 28 heavy (non-hydrogen) atoms. The summed E-state index contributed by atoms with van der Waals surface area (Å²) < 4.78 is 130. The Kier molecular flexibility index (Phi) is 5.64. The Labute approximate surface area is 163 Å². The highest BCUT2D eigenvalue weighted by Crippen LogP contribution is 2.54. The molecule has 0 aliphatic heterocycles. The first kappa shape index (κ1) is 23.0. The van der Waals surface area contributed by atoms with E-state index in [1.165, 1.54) is 12.1 Å². The van der Waals surface area contributed by atoms with Crippen molar-refractivity contribution in [3.63, 3.8) is 0 Å². The summed E-state index contributed by atoms with van der Waals surface area (Å²) in [6, 6.07) is 4.26. The molecular weight excluding hydrogens is 467 g/mol. The molecule has 1 aromatic carbocycles. The molecule has 0 aromatic heterocycles. The smallest absolute Gasteiger partial charge is 0.220 e. The van der Waals surface area contributed by atoms with Gasteiger partial charge in [0.15, 0.2) is 0 Å². The summed E-state index contributed by atoms with van der Waals surface area (Å²) in [6.07, 6.45) is -12.7. The number of rotatable bonds is 3. The molecule has 0 fully saturated rings. The van der Waals surface area contributed by atoms with Gasteiger partial charge in [-0.3, -0.25) is 0 Å². The van der Waals surface area contributed by atoms with Crippen LogP contribution in [-0.2, 0) is 14.7 Å². The number of hydrogen-bond acceptors (Lipinski definition) is 2. The van der Waals surface area contributed by atoms with Crippen LogP contribution in [0.2, 0.25) is 0 Å². The molecule has 0 amide bonds. The maximum absolute atomic E-state index is 14.2. The lowest BCUT2D eigenvalue weighted by Crippen LogP contribution is -2.59. The molecule has 1 radical (unpaired) electrons. The summed E-state index contributed by atoms with van der Waals surface area (Å²) in [5.74, 6) is -1.06. The van der Waals surface area contributed by atoms with Crippen molar-refractivity contribution < 1.29 is 43.5 Å². The second kappa shape index (κ2) is 6.88. The van der Waals surface area contributed by atoms with Gasteiger partial charge in [0.05, 0.1) is 4.91 Å². The molecule has 2 rings (SSSR count). The molecule has 0 bridgehead atoms. The van der Waals surface area contributed by atoms with Crippen molar-refractivity contribution in [2.24, 2.45) is 0 Å². The molecule has 13 heteroatoms. The van der Waals surface area contributed by atoms with Gasteiger partial charge in [0.2, 0.25) is 9.84 Å². The third kappa shape index (κ3) is 3.52. The second-order valence-electron chi connectivity index (χ2n) is 5.56. The fourth-order valence-corrected chi connectivity index (χ4v) is 4.80. The lowest BCUT2D eigenvalue weighted by molar-refractivity contribution is -0.305. The Morgan fingerprint density at radius 3 is 1.89 bits per heavy atom. The van der Waals surface area contributed by atoms with Gasteiger partial charge >= 0.3 is 17.4 Å². The summed E-state index contributed by atoms with van der Waals surface area (Å²) in [7, 11) is -6.81. The highest BCUT2D eigenvalue weighted by molar-refractivity contribution is 7.96. The van der Waals surface area contributed by atoms with Crippen molar-refractivity contribution in [3.05, 3.63) is 64.2 Å². The zero-order valence-electron chi connectivity index (χ0n) is 13.0. The normalized spacial score (nSPS) is 21.9. The number of halogens is 10. The lowest BCUT2D eigenvalue weighted by Gasteiger charge is -2.33. The Morgan fingerprint density at radius 1 is 0.929 bits per heavy atom. The SMILES string of the molecule is O=S(=O)(C1=CC(Cl)(c2ccccc2F)[CH]C(Cl)=C1)C(F)(C(F)(F)F)C(F)(F)F. The average Bonchev–Trinajstić information content (AvgIpc) is 2.51. The van der Waals surface area contributed by atoms with E-state index in [2.05, 4.69) is 0 Å². The van der Waals surface area contributed by atoms with Crippen molar-refractivity contribution in [2.75, 3.05) is 0 Å². The first-order valence-corrected chi connectivity index (χ1v) is 9.18. The monoisotopic (exact) mass is 473 g/mol. The van der Waals surface area contributed by atoms with Crippen LogP contribution in [0.15, 0.2) is 46.4 Å². The van der Waals surface area contributed by atoms with Gasteiger partial charge in [0.25, 0.3) is 0 Å². The van der Waals surface area contributed by atoms with Gasteiger partial charge in [-0.2, -0.15) is 26.3 Å². The molecule has 1 aliphatic rings. The molecule has 1 unspecified atom stereocenters. The van der Waals surface area contributed by atoms with E-state index in [1.807, 2.05) is 0 Å². The van der Waals surface area contributed by atoms with Crippen molar-refractivity contribution in [1.29, 1.82) is 0 Å². The van der Waals surface area contributed by atoms with E-state index in [-0.39, 0.29) is 12.2 Å². The molecule has 0 N–H and O–H groups in total. The van der Waals surface area contributed by atoms with Crippen LogP contribution in [0.3, 0.4) is 0 Å². The molecular formula is C15H7Cl2F8O2S. The van der Waals surface area contributed by atoms with Crippen LogP contribution in [0.25, 0.3) is 0 Å². The van der Waals surface area contributed by atoms with Gasteiger partial charge in [0, 0.05) is 17.0 Å². The second-order valence-corrected chi connectivity index (χ2v) is 8.67. The van der Waals surface area contributed by atoms with Crippen molar-refractivity contribution in [3.8, 4) is 0 Å². The van der Waals surface area contributed by atoms with Gasteiger partial charge in [-0.15, -0.1) is 11.6 Å². The van der Waals surface area contributed by atoms with Crippen molar-refractivity contribution in [1.82, 2.24) is 0 Å². The van der Waals surface area contributed by atoms with E-state index in [9.17, 15) is 43.5 Å². The molecule has 1 aliphatic carbocycles. The van der Waals surface area contributed by atoms with Crippen LogP contribution in [0.5, 0.6) is 0 Å². The molecule has 1 atom stereocenters. The molecule has 0 saturated heterocycles. The molecule has 2 nitrogen and oxygen atoms in total. The van der Waals surface area contributed by atoms with Crippen LogP contribution >= 0.6 is 23.2 Å². The minimum atomic E-state index is -6.88. The first-order chi connectivity index (χ1) is 12.5. The van der Waals surface area contributed by atoms with E-state index < -0.39 is 53.4 Å². The van der Waals surface area contributed by atoms with E-state index in [4.69, 9.17) is 23.2 Å². The molecule has 0 heterocycles. The van der Waals surface area contributed by atoms with Gasteiger partial charge in [0.1, 0.15) is 10.7 Å². The zero-order chi connectivity index (χ0) is 21.8. The third-order valence-corrected chi connectivity index (χ3v) is 6.38. The Morgan fingerprint density at radius 2 is 1.43 bits per heavy atom. The van der Waals surface area contributed by atoms with Crippen LogP contribution in [-0.4, -0.2) is 25.8 Å². The van der Waals surface area contributed by atoms with E-state index >= 15 is 0 Å². The van der Waals surface area contributed by atoms with Crippen LogP contribution in [0, 0.1) is 12.2 Å². The van der Waals surface area contributed by atoms with Crippen molar-refractivity contribution in [2.45, 2.75) is 22.2 Å². The Hall–Kier alpha value is -1.33. The Bertz CT molecular complexity index is 936. The van der Waals surface area contributed by atoms with Gasteiger partial charge in [-0.05, 0) is 18.2 Å². The highest BCUT2D eigenvalue weighted by Gasteiger charge is 2.81. The predicted octanol–water partition coefficient (Wildman–Crippen LogP) is 5.69. The maximum atomic E-state index is 14.2. The summed E-state index contributed by atoms with van der Waals surface area (Å²) in [4.78, 5) is -4.20. The van der Waals surface area contributed by atoms with Gasteiger partial charge in [-0.1, -0.05) is 29.8 Å². The van der Waals surface area contributed by atoms with Crippen LogP contribution in [0.4, 0.5) is 35.1 Å². The third-order valence-electron chi connectivity index (χ3n) is 3.68. The van der Waals surface area contributed by atoms with E-state index in [0.29, 0.717) is 0 Å². The van der Waals surface area contributed by atoms with Crippen molar-refractivity contribution >= 4 is 33.0 Å². The van der Waals surface area contributed by atoms with E-state index in [1.54, 1.807) is 0 Å². The first-order valence-electron chi connectivity index (χ1n) is 6.94. The molecule has 155 valence electrons. The van der Waals surface area contributed by atoms with Crippen LogP contribution < -0.4 is 0 Å². The lowest BCUT2D eigenvalue weighted by atomic mass is 9.91.